The van der Waals surface area contributed by atoms with Crippen molar-refractivity contribution in [1.29, 1.82) is 0 Å². The highest BCUT2D eigenvalue weighted by molar-refractivity contribution is 9.10. The number of nitro groups is 1. The van der Waals surface area contributed by atoms with Gasteiger partial charge in [0.25, 0.3) is 5.69 Å². The van der Waals surface area contributed by atoms with Crippen molar-refractivity contribution >= 4 is 44.9 Å². The van der Waals surface area contributed by atoms with Crippen LogP contribution in [0.5, 0.6) is 0 Å². The number of carbonyl (C=O) groups is 3. The van der Waals surface area contributed by atoms with E-state index < -0.39 is 22.9 Å². The number of aromatic amines is 1. The zero-order chi connectivity index (χ0) is 21.1. The number of hydrogen-bond donors (Lipinski definition) is 2. The fourth-order valence-corrected chi connectivity index (χ4v) is 3.61. The van der Waals surface area contributed by atoms with Gasteiger partial charge in [-0.25, -0.2) is 4.98 Å². The minimum absolute atomic E-state index is 0.0498. The first-order chi connectivity index (χ1) is 13.8. The summed E-state index contributed by atoms with van der Waals surface area (Å²) in [4.78, 5) is 56.1. The van der Waals surface area contributed by atoms with E-state index in [0.29, 0.717) is 10.2 Å². The van der Waals surface area contributed by atoms with Crippen LogP contribution in [0.2, 0.25) is 0 Å². The molecule has 1 aliphatic heterocycles. The zero-order valence-corrected chi connectivity index (χ0v) is 17.0. The molecule has 2 heterocycles. The molecule has 1 aromatic carbocycles. The number of nitro benzene ring substituents is 1. The van der Waals surface area contributed by atoms with Gasteiger partial charge in [0.2, 0.25) is 11.8 Å². The molecule has 10 nitrogen and oxygen atoms in total. The fourth-order valence-electron chi connectivity index (χ4n) is 3.26. The number of imidazole rings is 1. The number of amides is 2. The largest absolute Gasteiger partial charge is 0.348 e. The Bertz CT molecular complexity index is 962. The molecule has 0 unspecified atom stereocenters. The Morgan fingerprint density at radius 3 is 2.86 bits per heavy atom. The van der Waals surface area contributed by atoms with Crippen LogP contribution in [0, 0.1) is 10.1 Å². The minimum atomic E-state index is -0.939. The number of halogens is 1. The third kappa shape index (κ3) is 4.50. The molecule has 29 heavy (non-hydrogen) atoms. The molecule has 2 amide bonds. The average molecular weight is 464 g/mol. The van der Waals surface area contributed by atoms with Gasteiger partial charge in [0.1, 0.15) is 11.7 Å². The molecule has 0 saturated carbocycles. The number of carbonyl (C=O) groups excluding carboxylic acids is 3. The smallest absolute Gasteiger partial charge is 0.294 e. The summed E-state index contributed by atoms with van der Waals surface area (Å²) >= 11 is 3.18. The molecular weight excluding hydrogens is 446 g/mol. The highest BCUT2D eigenvalue weighted by atomic mass is 79.9. The Kier molecular flexibility index (Phi) is 6.06. The van der Waals surface area contributed by atoms with Gasteiger partial charge in [0, 0.05) is 35.3 Å². The average Bonchev–Trinajstić information content (AvgIpc) is 3.30. The van der Waals surface area contributed by atoms with Crippen LogP contribution in [0.25, 0.3) is 0 Å². The summed E-state index contributed by atoms with van der Waals surface area (Å²) < 4.78 is 0.483. The molecule has 1 aromatic heterocycles. The predicted molar refractivity (Wildman–Crippen MR) is 106 cm³/mol. The quantitative estimate of drug-likeness (QED) is 0.474. The number of ketones is 1. The summed E-state index contributed by atoms with van der Waals surface area (Å²) in [5.41, 5.74) is 0.440. The van der Waals surface area contributed by atoms with Gasteiger partial charge in [-0.3, -0.25) is 29.4 Å². The SMILES string of the molecule is CC(=O)[C@H](Cc1cnc[nH]1)NC(=O)[C@@H]1CCC(=O)N1c1ccc(Br)cc1[N+](=O)[O-]. The minimum Gasteiger partial charge on any atom is -0.348 e. The fraction of sp³-hybridized carbons (Fsp3) is 0.333. The molecular formula is C18H18BrN5O5. The Labute approximate surface area is 174 Å². The summed E-state index contributed by atoms with van der Waals surface area (Å²) in [5.74, 6) is -1.17. The molecule has 2 aromatic rings. The van der Waals surface area contributed by atoms with Crippen molar-refractivity contribution in [2.75, 3.05) is 4.90 Å². The van der Waals surface area contributed by atoms with Gasteiger partial charge in [0.05, 0.1) is 17.3 Å². The van der Waals surface area contributed by atoms with E-state index in [2.05, 4.69) is 31.2 Å². The number of aromatic nitrogens is 2. The molecule has 11 heteroatoms. The van der Waals surface area contributed by atoms with Crippen molar-refractivity contribution in [2.24, 2.45) is 0 Å². The maximum atomic E-state index is 12.9. The first kappa shape index (κ1) is 20.6. The van der Waals surface area contributed by atoms with Gasteiger partial charge in [-0.15, -0.1) is 0 Å². The normalized spacial score (nSPS) is 17.2. The number of H-pyrrole nitrogens is 1. The van der Waals surface area contributed by atoms with Crippen molar-refractivity contribution < 1.29 is 19.3 Å². The maximum Gasteiger partial charge on any atom is 0.294 e. The van der Waals surface area contributed by atoms with E-state index in [9.17, 15) is 24.5 Å². The van der Waals surface area contributed by atoms with Crippen molar-refractivity contribution in [3.8, 4) is 0 Å². The summed E-state index contributed by atoms with van der Waals surface area (Å²) in [6.07, 6.45) is 3.53. The van der Waals surface area contributed by atoms with Gasteiger partial charge < -0.3 is 10.3 Å². The van der Waals surface area contributed by atoms with Gasteiger partial charge in [-0.05, 0) is 25.5 Å². The van der Waals surface area contributed by atoms with Crippen molar-refractivity contribution in [3.63, 3.8) is 0 Å². The van der Waals surface area contributed by atoms with Crippen LogP contribution < -0.4 is 10.2 Å². The summed E-state index contributed by atoms with van der Waals surface area (Å²) in [6, 6.07) is 2.54. The molecule has 1 saturated heterocycles. The molecule has 0 spiro atoms. The molecule has 0 aliphatic carbocycles. The zero-order valence-electron chi connectivity index (χ0n) is 15.4. The standard InChI is InChI=1S/C18H18BrN5O5/c1-10(25)13(7-12-8-20-9-21-12)22-18(27)15-4-5-17(26)23(15)14-3-2-11(19)6-16(14)24(28)29/h2-3,6,8-9,13,15H,4-5,7H2,1H3,(H,20,21)(H,22,27)/t13-,15-/m0/s1. The second-order valence-electron chi connectivity index (χ2n) is 6.66. The number of Topliss-reactive ketones (excluding diaryl/α,β-unsaturated/α-hetero) is 1. The number of rotatable bonds is 7. The summed E-state index contributed by atoms with van der Waals surface area (Å²) in [6.45, 7) is 1.36. The lowest BCUT2D eigenvalue weighted by Crippen LogP contribution is -2.50. The molecule has 0 bridgehead atoms. The van der Waals surface area contributed by atoms with E-state index in [4.69, 9.17) is 0 Å². The first-order valence-corrected chi connectivity index (χ1v) is 9.61. The van der Waals surface area contributed by atoms with Gasteiger partial charge in [-0.2, -0.15) is 0 Å². The van der Waals surface area contributed by atoms with Crippen LogP contribution in [0.15, 0.2) is 35.2 Å². The third-order valence-electron chi connectivity index (χ3n) is 4.69. The Balaban J connectivity index is 1.85. The van der Waals surface area contributed by atoms with Gasteiger partial charge in [-0.1, -0.05) is 15.9 Å². The molecule has 2 N–H and O–H groups in total. The molecule has 2 atom stereocenters. The Morgan fingerprint density at radius 1 is 1.48 bits per heavy atom. The van der Waals surface area contributed by atoms with Crippen molar-refractivity contribution in [1.82, 2.24) is 15.3 Å². The van der Waals surface area contributed by atoms with Crippen molar-refractivity contribution in [2.45, 2.75) is 38.3 Å². The van der Waals surface area contributed by atoms with Crippen LogP contribution in [-0.4, -0.2) is 44.6 Å². The number of benzene rings is 1. The molecule has 3 rings (SSSR count). The van der Waals surface area contributed by atoms with E-state index in [1.165, 1.54) is 25.4 Å². The van der Waals surface area contributed by atoms with Crippen LogP contribution in [0.1, 0.15) is 25.5 Å². The van der Waals surface area contributed by atoms with E-state index in [-0.39, 0.29) is 42.3 Å². The molecule has 1 fully saturated rings. The second kappa shape index (κ2) is 8.52. The lowest BCUT2D eigenvalue weighted by molar-refractivity contribution is -0.384. The second-order valence-corrected chi connectivity index (χ2v) is 7.58. The molecule has 152 valence electrons. The summed E-state index contributed by atoms with van der Waals surface area (Å²) in [5, 5.41) is 14.1. The number of anilines is 1. The van der Waals surface area contributed by atoms with Crippen molar-refractivity contribution in [3.05, 3.63) is 51.0 Å². The Morgan fingerprint density at radius 2 is 2.24 bits per heavy atom. The maximum absolute atomic E-state index is 12.9. The van der Waals surface area contributed by atoms with Crippen LogP contribution in [0.3, 0.4) is 0 Å². The number of nitrogens with zero attached hydrogens (tertiary/aromatic N) is 3. The monoisotopic (exact) mass is 463 g/mol. The van der Waals surface area contributed by atoms with Crippen LogP contribution in [0.4, 0.5) is 11.4 Å². The lowest BCUT2D eigenvalue weighted by Gasteiger charge is -2.25. The lowest BCUT2D eigenvalue weighted by atomic mass is 10.1. The van der Waals surface area contributed by atoms with Crippen LogP contribution in [-0.2, 0) is 20.8 Å². The van der Waals surface area contributed by atoms with Gasteiger partial charge >= 0.3 is 0 Å². The van der Waals surface area contributed by atoms with E-state index >= 15 is 0 Å². The first-order valence-electron chi connectivity index (χ1n) is 8.82. The number of nitrogens with one attached hydrogen (secondary N) is 2. The molecule has 1 aliphatic rings. The van der Waals surface area contributed by atoms with E-state index in [1.54, 1.807) is 12.3 Å². The Hall–Kier alpha value is -3.08. The third-order valence-corrected chi connectivity index (χ3v) is 5.19. The number of hydrogen-bond acceptors (Lipinski definition) is 6. The molecule has 0 radical (unpaired) electrons. The van der Waals surface area contributed by atoms with Gasteiger partial charge in [0.15, 0.2) is 5.78 Å². The van der Waals surface area contributed by atoms with Crippen LogP contribution >= 0.6 is 15.9 Å². The van der Waals surface area contributed by atoms with E-state index in [0.717, 1.165) is 4.90 Å². The van der Waals surface area contributed by atoms with E-state index in [1.807, 2.05) is 0 Å². The summed E-state index contributed by atoms with van der Waals surface area (Å²) in [7, 11) is 0. The topological polar surface area (TPSA) is 138 Å². The predicted octanol–water partition coefficient (Wildman–Crippen LogP) is 1.89. The highest BCUT2D eigenvalue weighted by Gasteiger charge is 2.40. The highest BCUT2D eigenvalue weighted by Crippen LogP contribution is 2.36.